The third kappa shape index (κ3) is 3.42. The van der Waals surface area contributed by atoms with Crippen LogP contribution >= 0.6 is 0 Å². The maximum atomic E-state index is 2.42. The molecule has 98 valence electrons. The van der Waals surface area contributed by atoms with Crippen LogP contribution in [0.2, 0.25) is 13.1 Å². The number of hydrogen-bond acceptors (Lipinski definition) is 0. The van der Waals surface area contributed by atoms with E-state index in [1.165, 1.54) is 16.7 Å². The van der Waals surface area contributed by atoms with Crippen LogP contribution in [0, 0.1) is 0 Å². The van der Waals surface area contributed by atoms with Crippen LogP contribution in [0.15, 0.2) is 42.5 Å². The molecule has 0 unspecified atom stereocenters. The van der Waals surface area contributed by atoms with Crippen LogP contribution in [0.3, 0.4) is 0 Å². The summed E-state index contributed by atoms with van der Waals surface area (Å²) in [6.45, 7) is 4.83. The largest absolute Gasteiger partial charge is 2.00 e. The van der Waals surface area contributed by atoms with Gasteiger partial charge in [-0.3, -0.25) is 0 Å². The van der Waals surface area contributed by atoms with Gasteiger partial charge in [-0.05, 0) is 28.7 Å². The van der Waals surface area contributed by atoms with Crippen LogP contribution in [-0.2, 0) is 32.6 Å². The van der Waals surface area contributed by atoms with Crippen LogP contribution in [0.25, 0.3) is 11.1 Å². The third-order valence-electron chi connectivity index (χ3n) is 3.51. The van der Waals surface area contributed by atoms with E-state index in [1.54, 1.807) is 10.8 Å². The van der Waals surface area contributed by atoms with Crippen LogP contribution in [0.4, 0.5) is 0 Å². The molecule has 0 heterocycles. The SMILES string of the molecule is C[SiH](C)c1cccc2c1Cc1ccccc1-2.[Cl-].[Cl-].[Zr+2]. The third-order valence-corrected chi connectivity index (χ3v) is 5.29. The molecule has 1 aliphatic carbocycles. The van der Waals surface area contributed by atoms with Crippen LogP contribution in [0.5, 0.6) is 0 Å². The quantitative estimate of drug-likeness (QED) is 0.390. The van der Waals surface area contributed by atoms with E-state index in [0.29, 0.717) is 0 Å². The molecule has 4 heteroatoms. The average molecular weight is 387 g/mol. The summed E-state index contributed by atoms with van der Waals surface area (Å²) in [4.78, 5) is 0. The van der Waals surface area contributed by atoms with E-state index in [2.05, 4.69) is 55.6 Å². The molecule has 0 N–H and O–H groups in total. The molecule has 2 aromatic rings. The van der Waals surface area contributed by atoms with Gasteiger partial charge in [-0.15, -0.1) is 0 Å². The van der Waals surface area contributed by atoms with Gasteiger partial charge < -0.3 is 24.8 Å². The fourth-order valence-electron chi connectivity index (χ4n) is 2.72. The second kappa shape index (κ2) is 7.78. The van der Waals surface area contributed by atoms with Gasteiger partial charge in [0.1, 0.15) is 0 Å². The molecule has 0 fully saturated rings. The summed E-state index contributed by atoms with van der Waals surface area (Å²) in [7, 11) is -0.705. The molecule has 0 amide bonds. The molecule has 0 aliphatic heterocycles. The molecule has 3 rings (SSSR count). The zero-order chi connectivity index (χ0) is 11.1. The molecular formula is C15H16Cl2SiZr. The summed E-state index contributed by atoms with van der Waals surface area (Å²) in [5.41, 5.74) is 6.04. The normalized spacial score (nSPS) is 10.7. The summed E-state index contributed by atoms with van der Waals surface area (Å²) in [5, 5.41) is 1.65. The standard InChI is InChI=1S/C15H16Si.2ClH.Zr/c1-16(2)15-9-5-8-13-12-7-4-3-6-11(12)10-14(13)15;;;/h3-9,16H,10H2,1-2H3;2*1H;/q;;;+2/p-2. The Morgan fingerprint density at radius 3 is 2.16 bits per heavy atom. The monoisotopic (exact) mass is 384 g/mol. The maximum Gasteiger partial charge on any atom is 2.00 e. The van der Waals surface area contributed by atoms with Crippen molar-refractivity contribution >= 4 is 14.0 Å². The molecule has 1 aliphatic rings. The molecule has 0 saturated carbocycles. The minimum Gasteiger partial charge on any atom is -1.00 e. The van der Waals surface area contributed by atoms with Gasteiger partial charge >= 0.3 is 26.2 Å². The van der Waals surface area contributed by atoms with Gasteiger partial charge in [0.25, 0.3) is 0 Å². The Bertz CT molecular complexity index is 556. The van der Waals surface area contributed by atoms with Crippen molar-refractivity contribution in [2.45, 2.75) is 19.5 Å². The zero-order valence-electron chi connectivity index (χ0n) is 11.1. The van der Waals surface area contributed by atoms with Crippen molar-refractivity contribution in [1.82, 2.24) is 0 Å². The molecular weight excluding hydrogens is 370 g/mol. The molecule has 0 saturated heterocycles. The van der Waals surface area contributed by atoms with E-state index in [0.717, 1.165) is 6.42 Å². The minimum absolute atomic E-state index is 0. The van der Waals surface area contributed by atoms with Crippen molar-refractivity contribution < 1.29 is 51.0 Å². The van der Waals surface area contributed by atoms with Gasteiger partial charge in [0.15, 0.2) is 0 Å². The van der Waals surface area contributed by atoms with Gasteiger partial charge in [0, 0.05) is 0 Å². The number of hydrogen-bond donors (Lipinski definition) is 0. The first kappa shape index (κ1) is 19.1. The second-order valence-corrected chi connectivity index (χ2v) is 7.79. The van der Waals surface area contributed by atoms with E-state index in [1.807, 2.05) is 0 Å². The summed E-state index contributed by atoms with van der Waals surface area (Å²) in [6.07, 6.45) is 1.15. The predicted molar refractivity (Wildman–Crippen MR) is 73.2 cm³/mol. The topological polar surface area (TPSA) is 0 Å². The summed E-state index contributed by atoms with van der Waals surface area (Å²) in [6, 6.07) is 15.7. The van der Waals surface area contributed by atoms with Crippen LogP contribution in [-0.4, -0.2) is 8.80 Å². The Kier molecular flexibility index (Phi) is 7.83. The van der Waals surface area contributed by atoms with Crippen molar-refractivity contribution in [1.29, 1.82) is 0 Å². The molecule has 0 radical (unpaired) electrons. The first-order chi connectivity index (χ1) is 7.77. The number of rotatable bonds is 1. The zero-order valence-corrected chi connectivity index (χ0v) is 16.2. The summed E-state index contributed by atoms with van der Waals surface area (Å²) < 4.78 is 0. The molecule has 0 spiro atoms. The average Bonchev–Trinajstić information content (AvgIpc) is 2.67. The molecule has 19 heavy (non-hydrogen) atoms. The molecule has 0 atom stereocenters. The first-order valence-electron chi connectivity index (χ1n) is 5.97. The van der Waals surface area contributed by atoms with Crippen LogP contribution in [0.1, 0.15) is 11.1 Å². The predicted octanol–water partition coefficient (Wildman–Crippen LogP) is -3.04. The number of halogens is 2. The summed E-state index contributed by atoms with van der Waals surface area (Å²) >= 11 is 0. The van der Waals surface area contributed by atoms with Crippen molar-refractivity contribution in [3.63, 3.8) is 0 Å². The fourth-order valence-corrected chi connectivity index (χ4v) is 4.17. The van der Waals surface area contributed by atoms with Crippen molar-refractivity contribution in [3.8, 4) is 11.1 Å². The Morgan fingerprint density at radius 1 is 0.842 bits per heavy atom. The van der Waals surface area contributed by atoms with Gasteiger partial charge in [0.05, 0.1) is 8.80 Å². The van der Waals surface area contributed by atoms with Gasteiger partial charge in [-0.1, -0.05) is 60.7 Å². The van der Waals surface area contributed by atoms with Gasteiger partial charge in [0.2, 0.25) is 0 Å². The van der Waals surface area contributed by atoms with E-state index in [9.17, 15) is 0 Å². The minimum atomic E-state index is -0.705. The smallest absolute Gasteiger partial charge is 1.00 e. The Balaban J connectivity index is 0.00000108. The Morgan fingerprint density at radius 2 is 1.47 bits per heavy atom. The van der Waals surface area contributed by atoms with Crippen molar-refractivity contribution in [2.24, 2.45) is 0 Å². The Labute approximate surface area is 148 Å². The summed E-state index contributed by atoms with van der Waals surface area (Å²) in [5.74, 6) is 0. The first-order valence-corrected chi connectivity index (χ1v) is 8.86. The van der Waals surface area contributed by atoms with E-state index >= 15 is 0 Å². The van der Waals surface area contributed by atoms with E-state index in [4.69, 9.17) is 0 Å². The van der Waals surface area contributed by atoms with Crippen molar-refractivity contribution in [3.05, 3.63) is 53.6 Å². The fraction of sp³-hybridized carbons (Fsp3) is 0.200. The van der Waals surface area contributed by atoms with E-state index in [-0.39, 0.29) is 51.0 Å². The number of fused-ring (bicyclic) bond motifs is 3. The van der Waals surface area contributed by atoms with Crippen LogP contribution < -0.4 is 30.0 Å². The van der Waals surface area contributed by atoms with E-state index < -0.39 is 8.80 Å². The molecule has 0 nitrogen and oxygen atoms in total. The van der Waals surface area contributed by atoms with Gasteiger partial charge in [-0.2, -0.15) is 0 Å². The second-order valence-electron chi connectivity index (χ2n) is 4.86. The number of benzene rings is 2. The van der Waals surface area contributed by atoms with Gasteiger partial charge in [-0.25, -0.2) is 0 Å². The maximum absolute atomic E-state index is 2.42. The molecule has 0 aromatic heterocycles. The van der Waals surface area contributed by atoms with Crippen molar-refractivity contribution in [2.75, 3.05) is 0 Å². The molecule has 0 bridgehead atoms. The molecule has 2 aromatic carbocycles. The Hall–Kier alpha value is 0.120.